The summed E-state index contributed by atoms with van der Waals surface area (Å²) in [7, 11) is 0. The summed E-state index contributed by atoms with van der Waals surface area (Å²) in [6, 6.07) is 3.06. The Kier molecular flexibility index (Phi) is 5.32. The number of hydrogen-bond acceptors (Lipinski definition) is 7. The number of aliphatic hydroxyl groups is 1. The van der Waals surface area contributed by atoms with Gasteiger partial charge in [-0.1, -0.05) is 11.6 Å². The fraction of sp³-hybridized carbons (Fsp3) is 0.500. The Morgan fingerprint density at radius 2 is 2.12 bits per heavy atom. The number of imidazole rings is 1. The molecule has 2 aromatic heterocycles. The van der Waals surface area contributed by atoms with E-state index < -0.39 is 17.5 Å². The first-order chi connectivity index (χ1) is 15.3. The number of nitrogens with zero attached hydrogens (tertiary/aromatic N) is 4. The Morgan fingerprint density at radius 1 is 1.34 bits per heavy atom. The van der Waals surface area contributed by atoms with E-state index in [9.17, 15) is 5.11 Å². The topological polar surface area (TPSA) is 111 Å². The van der Waals surface area contributed by atoms with E-state index in [0.717, 1.165) is 12.8 Å². The number of hydrogen-bond donors (Lipinski definition) is 3. The van der Waals surface area contributed by atoms with Crippen LogP contribution in [0.1, 0.15) is 45.0 Å². The highest BCUT2D eigenvalue weighted by Crippen LogP contribution is 2.44. The van der Waals surface area contributed by atoms with Crippen LogP contribution in [-0.2, 0) is 10.3 Å². The SMILES string of the molecule is CC(C)n1c(C2(N)CC2)nc2c(F)cc(-c3nc(N[C@@H]4CCOC[C@H]4O)ncc3Cl)cc21. The standard InChI is InChI=1S/C22H26ClFN6O2/c1-11(2)30-16-8-12(7-14(24)19(16)28-20(30)22(25)4-5-22)18-13(23)9-26-21(29-18)27-15-3-6-32-10-17(15)31/h7-9,11,15,17,31H,3-6,10,25H2,1-2H3,(H,26,27,29)/t15-,17-/m1/s1. The molecule has 1 aliphatic heterocycles. The smallest absolute Gasteiger partial charge is 0.223 e. The molecule has 1 aromatic carbocycles. The van der Waals surface area contributed by atoms with E-state index in [2.05, 4.69) is 20.3 Å². The number of aromatic nitrogens is 4. The predicted octanol–water partition coefficient (Wildman–Crippen LogP) is 3.38. The highest BCUT2D eigenvalue weighted by atomic mass is 35.5. The second-order valence-corrected chi connectivity index (χ2v) is 9.36. The lowest BCUT2D eigenvalue weighted by atomic mass is 10.1. The van der Waals surface area contributed by atoms with Crippen LogP contribution in [-0.4, -0.2) is 50.0 Å². The average Bonchev–Trinajstić information content (AvgIpc) is 3.36. The van der Waals surface area contributed by atoms with Gasteiger partial charge >= 0.3 is 0 Å². The van der Waals surface area contributed by atoms with E-state index in [0.29, 0.717) is 52.1 Å². The molecule has 2 aliphatic rings. The third-order valence-corrected chi connectivity index (χ3v) is 6.43. The number of ether oxygens (including phenoxy) is 1. The molecule has 8 nitrogen and oxygen atoms in total. The zero-order valence-electron chi connectivity index (χ0n) is 18.0. The summed E-state index contributed by atoms with van der Waals surface area (Å²) >= 11 is 6.41. The lowest BCUT2D eigenvalue weighted by Gasteiger charge is -2.28. The summed E-state index contributed by atoms with van der Waals surface area (Å²) in [5.41, 5.74) is 7.81. The van der Waals surface area contributed by atoms with Gasteiger partial charge in [0.05, 0.1) is 46.7 Å². The molecule has 1 saturated heterocycles. The third-order valence-electron chi connectivity index (χ3n) is 6.16. The molecular formula is C22H26ClFN6O2. The van der Waals surface area contributed by atoms with Gasteiger partial charge in [0.2, 0.25) is 5.95 Å². The van der Waals surface area contributed by atoms with Crippen LogP contribution < -0.4 is 11.1 Å². The van der Waals surface area contributed by atoms with Gasteiger partial charge in [0, 0.05) is 18.2 Å². The molecule has 3 aromatic rings. The minimum atomic E-state index is -0.662. The minimum Gasteiger partial charge on any atom is -0.389 e. The highest BCUT2D eigenvalue weighted by Gasteiger charge is 2.45. The summed E-state index contributed by atoms with van der Waals surface area (Å²) < 4.78 is 22.5. The van der Waals surface area contributed by atoms with E-state index in [1.165, 1.54) is 12.3 Å². The summed E-state index contributed by atoms with van der Waals surface area (Å²) in [5, 5.41) is 13.6. The zero-order valence-corrected chi connectivity index (χ0v) is 18.7. The molecule has 0 amide bonds. The maximum atomic E-state index is 15.2. The van der Waals surface area contributed by atoms with E-state index in [1.54, 1.807) is 0 Å². The van der Waals surface area contributed by atoms with Crippen molar-refractivity contribution in [1.82, 2.24) is 19.5 Å². The van der Waals surface area contributed by atoms with Crippen molar-refractivity contribution < 1.29 is 14.2 Å². The summed E-state index contributed by atoms with van der Waals surface area (Å²) in [6.45, 7) is 4.85. The third kappa shape index (κ3) is 3.73. The van der Waals surface area contributed by atoms with Crippen molar-refractivity contribution in [3.8, 4) is 11.3 Å². The van der Waals surface area contributed by atoms with Gasteiger partial charge in [0.25, 0.3) is 0 Å². The van der Waals surface area contributed by atoms with Crippen molar-refractivity contribution in [2.45, 2.75) is 56.8 Å². The maximum absolute atomic E-state index is 15.2. The van der Waals surface area contributed by atoms with Gasteiger partial charge in [-0.25, -0.2) is 19.3 Å². The summed E-state index contributed by atoms with van der Waals surface area (Å²) in [4.78, 5) is 13.3. The molecular weight excluding hydrogens is 435 g/mol. The highest BCUT2D eigenvalue weighted by molar-refractivity contribution is 6.33. The van der Waals surface area contributed by atoms with Gasteiger partial charge in [-0.2, -0.15) is 0 Å². The van der Waals surface area contributed by atoms with Crippen molar-refractivity contribution in [2.24, 2.45) is 5.73 Å². The molecule has 4 N–H and O–H groups in total. The van der Waals surface area contributed by atoms with Crippen LogP contribution in [0.25, 0.3) is 22.3 Å². The van der Waals surface area contributed by atoms with Crippen LogP contribution in [0.4, 0.5) is 10.3 Å². The first kappa shape index (κ1) is 21.5. The number of benzene rings is 1. The molecule has 1 aliphatic carbocycles. The maximum Gasteiger partial charge on any atom is 0.223 e. The number of fused-ring (bicyclic) bond motifs is 1. The first-order valence-corrected chi connectivity index (χ1v) is 11.2. The van der Waals surface area contributed by atoms with Crippen molar-refractivity contribution in [1.29, 1.82) is 0 Å². The molecule has 3 heterocycles. The first-order valence-electron chi connectivity index (χ1n) is 10.8. The second kappa shape index (κ2) is 7.91. The number of nitrogens with two attached hydrogens (primary N) is 1. The summed E-state index contributed by atoms with van der Waals surface area (Å²) in [5.74, 6) is 0.572. The van der Waals surface area contributed by atoms with Crippen LogP contribution in [0.15, 0.2) is 18.3 Å². The van der Waals surface area contributed by atoms with E-state index in [-0.39, 0.29) is 18.7 Å². The van der Waals surface area contributed by atoms with Crippen molar-refractivity contribution in [3.05, 3.63) is 35.0 Å². The van der Waals surface area contributed by atoms with Gasteiger partial charge < -0.3 is 25.5 Å². The molecule has 10 heteroatoms. The Morgan fingerprint density at radius 3 is 2.81 bits per heavy atom. The zero-order chi connectivity index (χ0) is 22.6. The molecule has 1 saturated carbocycles. The summed E-state index contributed by atoms with van der Waals surface area (Å²) in [6.07, 6.45) is 3.11. The van der Waals surface area contributed by atoms with Crippen LogP contribution in [0.5, 0.6) is 0 Å². The predicted molar refractivity (Wildman–Crippen MR) is 120 cm³/mol. The van der Waals surface area contributed by atoms with Gasteiger partial charge in [-0.3, -0.25) is 0 Å². The molecule has 2 fully saturated rings. The number of anilines is 1. The molecule has 32 heavy (non-hydrogen) atoms. The molecule has 2 atom stereocenters. The Labute approximate surface area is 190 Å². The lowest BCUT2D eigenvalue weighted by molar-refractivity contribution is -0.0136. The average molecular weight is 461 g/mol. The van der Waals surface area contributed by atoms with E-state index >= 15 is 4.39 Å². The number of rotatable bonds is 5. The molecule has 170 valence electrons. The number of nitrogens with one attached hydrogen (secondary N) is 1. The van der Waals surface area contributed by atoms with Crippen LogP contribution in [0, 0.1) is 5.82 Å². The van der Waals surface area contributed by atoms with Gasteiger partial charge in [-0.05, 0) is 45.2 Å². The minimum absolute atomic E-state index is 0.0544. The van der Waals surface area contributed by atoms with E-state index in [1.807, 2.05) is 24.5 Å². The fourth-order valence-corrected chi connectivity index (χ4v) is 4.42. The Hall–Kier alpha value is -2.33. The van der Waals surface area contributed by atoms with E-state index in [4.69, 9.17) is 22.1 Å². The molecule has 0 radical (unpaired) electrons. The second-order valence-electron chi connectivity index (χ2n) is 8.95. The normalized spacial score (nSPS) is 22.5. The Balaban J connectivity index is 1.58. The Bertz CT molecular complexity index is 1180. The largest absolute Gasteiger partial charge is 0.389 e. The quantitative estimate of drug-likeness (QED) is 0.535. The van der Waals surface area contributed by atoms with Gasteiger partial charge in [-0.15, -0.1) is 0 Å². The van der Waals surface area contributed by atoms with Gasteiger partial charge in [0.15, 0.2) is 5.82 Å². The lowest BCUT2D eigenvalue weighted by Crippen LogP contribution is -2.42. The fourth-order valence-electron chi connectivity index (χ4n) is 4.22. The van der Waals surface area contributed by atoms with Gasteiger partial charge in [0.1, 0.15) is 11.3 Å². The van der Waals surface area contributed by atoms with Crippen LogP contribution in [0.3, 0.4) is 0 Å². The van der Waals surface area contributed by atoms with Crippen LogP contribution in [0.2, 0.25) is 5.02 Å². The number of aliphatic hydroxyl groups excluding tert-OH is 1. The molecule has 0 bridgehead atoms. The number of halogens is 2. The molecule has 0 spiro atoms. The van der Waals surface area contributed by atoms with Crippen molar-refractivity contribution in [3.63, 3.8) is 0 Å². The molecule has 0 unspecified atom stereocenters. The molecule has 5 rings (SSSR count). The van der Waals surface area contributed by atoms with Crippen LogP contribution >= 0.6 is 11.6 Å². The monoisotopic (exact) mass is 460 g/mol. The van der Waals surface area contributed by atoms with Crippen molar-refractivity contribution >= 4 is 28.6 Å². The van der Waals surface area contributed by atoms with Crippen molar-refractivity contribution in [2.75, 3.05) is 18.5 Å².